The van der Waals surface area contributed by atoms with Gasteiger partial charge in [0.25, 0.3) is 0 Å². The van der Waals surface area contributed by atoms with Crippen LogP contribution in [0.5, 0.6) is 0 Å². The largest absolute Gasteiger partial charge is 0.325 e. The molecule has 0 aromatic heterocycles. The molecule has 1 N–H and O–H groups in total. The second-order valence-electron chi connectivity index (χ2n) is 5.30. The zero-order valence-electron chi connectivity index (χ0n) is 11.5. The van der Waals surface area contributed by atoms with E-state index < -0.39 is 9.75 Å². The van der Waals surface area contributed by atoms with Crippen molar-refractivity contribution in [2.24, 2.45) is 0 Å². The van der Waals surface area contributed by atoms with Gasteiger partial charge in [0.15, 0.2) is 0 Å². The Morgan fingerprint density at radius 1 is 1.09 bits per heavy atom. The number of carbonyl (C=O) groups excluding carboxylic acids is 1. The van der Waals surface area contributed by atoms with Gasteiger partial charge < -0.3 is 5.32 Å². The maximum Gasteiger partial charge on any atom is 0.238 e. The van der Waals surface area contributed by atoms with Crippen molar-refractivity contribution in [3.63, 3.8) is 0 Å². The number of amides is 1. The van der Waals surface area contributed by atoms with Crippen molar-refractivity contribution in [3.8, 4) is 6.07 Å². The summed E-state index contributed by atoms with van der Waals surface area (Å²) in [5.74, 6) is -0.242. The minimum absolute atomic E-state index is 0.242. The van der Waals surface area contributed by atoms with E-state index in [1.807, 2.05) is 36.4 Å². The molecule has 0 spiro atoms. The Labute approximate surface area is 138 Å². The van der Waals surface area contributed by atoms with Crippen LogP contribution in [0.4, 0.5) is 5.69 Å². The van der Waals surface area contributed by atoms with Gasteiger partial charge >= 0.3 is 0 Å². The molecule has 2 aromatic rings. The second-order valence-corrected chi connectivity index (χ2v) is 6.78. The SMILES string of the molecule is N#Cc1ccc(NC(=O)[C@]2(c3ccccc3)CC2(Cl)Cl)cc1. The van der Waals surface area contributed by atoms with Crippen molar-refractivity contribution >= 4 is 34.8 Å². The summed E-state index contributed by atoms with van der Waals surface area (Å²) in [6, 6.07) is 18.0. The van der Waals surface area contributed by atoms with E-state index in [1.165, 1.54) is 0 Å². The summed E-state index contributed by atoms with van der Waals surface area (Å²) in [6.07, 6.45) is 0.370. The van der Waals surface area contributed by atoms with Crippen molar-refractivity contribution < 1.29 is 4.79 Å². The summed E-state index contributed by atoms with van der Waals surface area (Å²) in [4.78, 5) is 12.7. The summed E-state index contributed by atoms with van der Waals surface area (Å²) in [5.41, 5.74) is 0.998. The molecule has 0 aliphatic heterocycles. The van der Waals surface area contributed by atoms with Gasteiger partial charge in [-0.2, -0.15) is 5.26 Å². The fraction of sp³-hybridized carbons (Fsp3) is 0.176. The third kappa shape index (κ3) is 2.35. The molecular formula is C17H12Cl2N2O. The van der Waals surface area contributed by atoms with E-state index in [0.29, 0.717) is 17.7 Å². The molecule has 22 heavy (non-hydrogen) atoms. The topological polar surface area (TPSA) is 52.9 Å². The maximum absolute atomic E-state index is 12.7. The normalized spacial score (nSPS) is 21.7. The van der Waals surface area contributed by atoms with Gasteiger partial charge in [-0.15, -0.1) is 23.2 Å². The van der Waals surface area contributed by atoms with Crippen LogP contribution in [0.2, 0.25) is 0 Å². The number of hydrogen-bond donors (Lipinski definition) is 1. The van der Waals surface area contributed by atoms with Crippen molar-refractivity contribution in [1.82, 2.24) is 0 Å². The summed E-state index contributed by atoms with van der Waals surface area (Å²) >= 11 is 12.5. The monoisotopic (exact) mass is 330 g/mol. The number of alkyl halides is 2. The Morgan fingerprint density at radius 2 is 1.68 bits per heavy atom. The molecule has 1 fully saturated rings. The highest BCUT2D eigenvalue weighted by molar-refractivity contribution is 6.54. The molecule has 0 heterocycles. The van der Waals surface area contributed by atoms with Crippen LogP contribution >= 0.6 is 23.2 Å². The maximum atomic E-state index is 12.7. The van der Waals surface area contributed by atoms with Gasteiger partial charge in [0, 0.05) is 12.1 Å². The number of hydrogen-bond acceptors (Lipinski definition) is 2. The van der Waals surface area contributed by atoms with Gasteiger partial charge in [-0.05, 0) is 29.8 Å². The lowest BCUT2D eigenvalue weighted by Crippen LogP contribution is -2.32. The van der Waals surface area contributed by atoms with Crippen molar-refractivity contribution in [2.45, 2.75) is 16.2 Å². The Morgan fingerprint density at radius 3 is 2.18 bits per heavy atom. The van der Waals surface area contributed by atoms with Gasteiger partial charge in [-0.25, -0.2) is 0 Å². The lowest BCUT2D eigenvalue weighted by atomic mass is 9.94. The molecule has 1 saturated carbocycles. The first-order valence-electron chi connectivity index (χ1n) is 6.74. The van der Waals surface area contributed by atoms with E-state index in [1.54, 1.807) is 24.3 Å². The molecule has 1 aliphatic carbocycles. The molecule has 5 heteroatoms. The van der Waals surface area contributed by atoms with E-state index in [9.17, 15) is 4.79 Å². The summed E-state index contributed by atoms with van der Waals surface area (Å²) in [5, 5.41) is 11.6. The zero-order valence-corrected chi connectivity index (χ0v) is 13.0. The average Bonchev–Trinajstić information content (AvgIpc) is 3.13. The molecule has 0 bridgehead atoms. The molecule has 0 saturated heterocycles. The van der Waals surface area contributed by atoms with E-state index in [0.717, 1.165) is 5.56 Å². The molecule has 0 unspecified atom stereocenters. The molecule has 3 rings (SSSR count). The highest BCUT2D eigenvalue weighted by Gasteiger charge is 2.72. The molecule has 1 amide bonds. The molecule has 1 aliphatic rings. The summed E-state index contributed by atoms with van der Waals surface area (Å²) in [6.45, 7) is 0. The first-order chi connectivity index (χ1) is 10.5. The van der Waals surface area contributed by atoms with Crippen LogP contribution in [0.3, 0.4) is 0 Å². The molecule has 2 aromatic carbocycles. The highest BCUT2D eigenvalue weighted by Crippen LogP contribution is 2.65. The van der Waals surface area contributed by atoms with Crippen molar-refractivity contribution in [1.29, 1.82) is 5.26 Å². The minimum Gasteiger partial charge on any atom is -0.325 e. The number of rotatable bonds is 3. The van der Waals surface area contributed by atoms with Gasteiger partial charge in [-0.1, -0.05) is 30.3 Å². The van der Waals surface area contributed by atoms with Crippen LogP contribution in [-0.2, 0) is 10.2 Å². The average molecular weight is 331 g/mol. The van der Waals surface area contributed by atoms with Crippen LogP contribution in [0.25, 0.3) is 0 Å². The number of carbonyl (C=O) groups is 1. The lowest BCUT2D eigenvalue weighted by molar-refractivity contribution is -0.118. The van der Waals surface area contributed by atoms with Crippen LogP contribution < -0.4 is 5.32 Å². The Hall–Kier alpha value is -2.02. The minimum atomic E-state index is -1.11. The number of nitriles is 1. The fourth-order valence-electron chi connectivity index (χ4n) is 2.57. The molecule has 1 atom stereocenters. The molecule has 0 radical (unpaired) electrons. The number of halogens is 2. The van der Waals surface area contributed by atoms with Crippen molar-refractivity contribution in [3.05, 3.63) is 65.7 Å². The van der Waals surface area contributed by atoms with Crippen LogP contribution in [0.15, 0.2) is 54.6 Å². The van der Waals surface area contributed by atoms with Crippen LogP contribution in [-0.4, -0.2) is 10.2 Å². The van der Waals surface area contributed by atoms with E-state index in [-0.39, 0.29) is 5.91 Å². The third-order valence-electron chi connectivity index (χ3n) is 3.91. The Kier molecular flexibility index (Phi) is 3.60. The Balaban J connectivity index is 1.88. The van der Waals surface area contributed by atoms with Crippen LogP contribution in [0.1, 0.15) is 17.5 Å². The smallest absolute Gasteiger partial charge is 0.238 e. The van der Waals surface area contributed by atoms with E-state index in [2.05, 4.69) is 5.32 Å². The van der Waals surface area contributed by atoms with Crippen molar-refractivity contribution in [2.75, 3.05) is 5.32 Å². The summed E-state index contributed by atoms with van der Waals surface area (Å²) in [7, 11) is 0. The number of benzene rings is 2. The predicted octanol–water partition coefficient (Wildman–Crippen LogP) is 4.01. The second kappa shape index (κ2) is 5.31. The highest BCUT2D eigenvalue weighted by atomic mass is 35.5. The number of nitrogens with one attached hydrogen (secondary N) is 1. The fourth-order valence-corrected chi connectivity index (χ4v) is 3.36. The first kappa shape index (κ1) is 14.9. The predicted molar refractivity (Wildman–Crippen MR) is 87.0 cm³/mol. The third-order valence-corrected chi connectivity index (χ3v) is 4.83. The van der Waals surface area contributed by atoms with Crippen LogP contribution in [0, 0.1) is 11.3 Å². The molecule has 110 valence electrons. The van der Waals surface area contributed by atoms with Gasteiger partial charge in [0.1, 0.15) is 9.75 Å². The molecule has 3 nitrogen and oxygen atoms in total. The van der Waals surface area contributed by atoms with E-state index >= 15 is 0 Å². The number of anilines is 1. The standard InChI is InChI=1S/C17H12Cl2N2O/c18-17(19)11-16(17,13-4-2-1-3-5-13)15(22)21-14-8-6-12(10-20)7-9-14/h1-9H,11H2,(H,21,22)/t16-/m1/s1. The van der Waals surface area contributed by atoms with E-state index in [4.69, 9.17) is 28.5 Å². The van der Waals surface area contributed by atoms with Gasteiger partial charge in [0.05, 0.1) is 11.6 Å². The van der Waals surface area contributed by atoms with Gasteiger partial charge in [0.2, 0.25) is 5.91 Å². The quantitative estimate of drug-likeness (QED) is 0.864. The lowest BCUT2D eigenvalue weighted by Gasteiger charge is -2.18. The Bertz CT molecular complexity index is 750. The molecular weight excluding hydrogens is 319 g/mol. The van der Waals surface area contributed by atoms with Gasteiger partial charge in [-0.3, -0.25) is 4.79 Å². The first-order valence-corrected chi connectivity index (χ1v) is 7.50. The number of nitrogens with zero attached hydrogens (tertiary/aromatic N) is 1. The zero-order chi connectivity index (χ0) is 15.8. The summed E-state index contributed by atoms with van der Waals surface area (Å²) < 4.78 is -1.11.